The van der Waals surface area contributed by atoms with Crippen molar-refractivity contribution in [3.63, 3.8) is 0 Å². The number of amides is 1. The van der Waals surface area contributed by atoms with Crippen LogP contribution in [-0.4, -0.2) is 54.9 Å². The Morgan fingerprint density at radius 3 is 2.29 bits per heavy atom. The topological polar surface area (TPSA) is 86.9 Å². The van der Waals surface area contributed by atoms with E-state index in [0.717, 1.165) is 18.4 Å². The van der Waals surface area contributed by atoms with Gasteiger partial charge in [0, 0.05) is 31.0 Å². The number of aryl methyl sites for hydroxylation is 1. The van der Waals surface area contributed by atoms with Crippen LogP contribution in [0.25, 0.3) is 11.4 Å². The van der Waals surface area contributed by atoms with Crippen LogP contribution >= 0.6 is 0 Å². The van der Waals surface area contributed by atoms with Crippen LogP contribution in [0, 0.1) is 0 Å². The molecule has 1 heterocycles. The predicted octanol–water partition coefficient (Wildman–Crippen LogP) is 4.56. The first-order valence-electron chi connectivity index (χ1n) is 11.5. The van der Waals surface area contributed by atoms with Crippen molar-refractivity contribution >= 4 is 5.91 Å². The van der Waals surface area contributed by atoms with E-state index in [2.05, 4.69) is 24.0 Å². The lowest BCUT2D eigenvalue weighted by molar-refractivity contribution is -0.133. The second kappa shape index (κ2) is 12.1. The highest BCUT2D eigenvalue weighted by atomic mass is 16.5. The Morgan fingerprint density at radius 2 is 1.71 bits per heavy atom. The predicted molar refractivity (Wildman–Crippen MR) is 129 cm³/mol. The smallest absolute Gasteiger partial charge is 0.228 e. The molecule has 0 aliphatic heterocycles. The first kappa shape index (κ1) is 25.1. The van der Waals surface area contributed by atoms with Gasteiger partial charge >= 0.3 is 0 Å². The van der Waals surface area contributed by atoms with Crippen molar-refractivity contribution < 1.29 is 23.5 Å². The minimum Gasteiger partial charge on any atom is -0.493 e. The van der Waals surface area contributed by atoms with Crippen molar-refractivity contribution in [1.29, 1.82) is 0 Å². The molecule has 0 saturated heterocycles. The van der Waals surface area contributed by atoms with Gasteiger partial charge in [0.2, 0.25) is 23.4 Å². The van der Waals surface area contributed by atoms with Gasteiger partial charge in [0.15, 0.2) is 11.5 Å². The lowest BCUT2D eigenvalue weighted by Gasteiger charge is -2.28. The van der Waals surface area contributed by atoms with E-state index in [-0.39, 0.29) is 11.9 Å². The maximum absolute atomic E-state index is 13.0. The average molecular weight is 468 g/mol. The third-order valence-corrected chi connectivity index (χ3v) is 5.87. The summed E-state index contributed by atoms with van der Waals surface area (Å²) in [5.41, 5.74) is 1.84. The van der Waals surface area contributed by atoms with Crippen LogP contribution in [0.2, 0.25) is 0 Å². The fraction of sp³-hybridized carbons (Fsp3) is 0.423. The van der Waals surface area contributed by atoms with Crippen LogP contribution < -0.4 is 14.2 Å². The molecular formula is C26H33N3O5. The number of hydrogen-bond donors (Lipinski definition) is 0. The molecule has 1 aromatic heterocycles. The first-order chi connectivity index (χ1) is 16.5. The van der Waals surface area contributed by atoms with Crippen molar-refractivity contribution in [1.82, 2.24) is 15.0 Å². The number of nitrogens with zero attached hydrogens (tertiary/aromatic N) is 3. The first-order valence-corrected chi connectivity index (χ1v) is 11.5. The Bertz CT molecular complexity index is 1040. The van der Waals surface area contributed by atoms with E-state index < -0.39 is 0 Å². The van der Waals surface area contributed by atoms with E-state index in [9.17, 15) is 4.79 Å². The van der Waals surface area contributed by atoms with Crippen molar-refractivity contribution in [2.24, 2.45) is 0 Å². The summed E-state index contributed by atoms with van der Waals surface area (Å²) in [6.07, 6.45) is 2.53. The van der Waals surface area contributed by atoms with Gasteiger partial charge in [0.1, 0.15) is 0 Å². The highest BCUT2D eigenvalue weighted by Crippen LogP contribution is 2.40. The number of carbonyl (C=O) groups is 1. The van der Waals surface area contributed by atoms with Crippen LogP contribution in [0.4, 0.5) is 0 Å². The Balaban J connectivity index is 1.69. The van der Waals surface area contributed by atoms with Crippen LogP contribution in [0.15, 0.2) is 47.0 Å². The zero-order chi connectivity index (χ0) is 24.5. The van der Waals surface area contributed by atoms with Crippen LogP contribution in [-0.2, 0) is 17.6 Å². The molecule has 0 radical (unpaired) electrons. The molecular weight excluding hydrogens is 434 g/mol. The van der Waals surface area contributed by atoms with Gasteiger partial charge in [-0.25, -0.2) is 0 Å². The molecule has 8 heteroatoms. The van der Waals surface area contributed by atoms with Gasteiger partial charge < -0.3 is 23.6 Å². The zero-order valence-electron chi connectivity index (χ0n) is 20.5. The largest absolute Gasteiger partial charge is 0.493 e. The van der Waals surface area contributed by atoms with E-state index in [1.807, 2.05) is 35.2 Å². The molecule has 0 saturated carbocycles. The van der Waals surface area contributed by atoms with Crippen LogP contribution in [0.5, 0.6) is 17.2 Å². The van der Waals surface area contributed by atoms with Crippen molar-refractivity contribution in [2.75, 3.05) is 27.9 Å². The average Bonchev–Trinajstić information content (AvgIpc) is 3.36. The Morgan fingerprint density at radius 1 is 1.03 bits per heavy atom. The summed E-state index contributed by atoms with van der Waals surface area (Å²) in [6.45, 7) is 4.66. The second-order valence-corrected chi connectivity index (χ2v) is 8.01. The molecule has 0 unspecified atom stereocenters. The van der Waals surface area contributed by atoms with Gasteiger partial charge in [-0.1, -0.05) is 42.4 Å². The summed E-state index contributed by atoms with van der Waals surface area (Å²) in [6, 6.07) is 13.7. The lowest BCUT2D eigenvalue weighted by atomic mass is 10.1. The van der Waals surface area contributed by atoms with Gasteiger partial charge in [0.05, 0.1) is 21.3 Å². The van der Waals surface area contributed by atoms with E-state index in [0.29, 0.717) is 53.9 Å². The fourth-order valence-electron chi connectivity index (χ4n) is 3.75. The van der Waals surface area contributed by atoms with E-state index in [4.69, 9.17) is 18.7 Å². The maximum atomic E-state index is 13.0. The van der Waals surface area contributed by atoms with Crippen molar-refractivity contribution in [3.05, 3.63) is 53.9 Å². The van der Waals surface area contributed by atoms with E-state index in [1.165, 1.54) is 0 Å². The van der Waals surface area contributed by atoms with E-state index >= 15 is 0 Å². The highest BCUT2D eigenvalue weighted by molar-refractivity contribution is 5.76. The molecule has 0 bridgehead atoms. The van der Waals surface area contributed by atoms with Crippen LogP contribution in [0.3, 0.4) is 0 Å². The minimum atomic E-state index is 0.126. The summed E-state index contributed by atoms with van der Waals surface area (Å²) in [5, 5.41) is 4.12. The van der Waals surface area contributed by atoms with Crippen molar-refractivity contribution in [3.8, 4) is 28.6 Å². The number of methoxy groups -OCH3 is 3. The number of rotatable bonds is 12. The summed E-state index contributed by atoms with van der Waals surface area (Å²) in [7, 11) is 4.67. The Labute approximate surface area is 200 Å². The SMILES string of the molecule is CC[C@@H](C)N(CCc1nc(-c2cc(OC)c(OC)c(OC)c2)no1)C(=O)CCc1ccccc1. The maximum Gasteiger partial charge on any atom is 0.228 e. The second-order valence-electron chi connectivity index (χ2n) is 8.01. The van der Waals surface area contributed by atoms with E-state index in [1.54, 1.807) is 33.5 Å². The normalized spacial score (nSPS) is 11.7. The van der Waals surface area contributed by atoms with Gasteiger partial charge in [-0.2, -0.15) is 4.98 Å². The zero-order valence-corrected chi connectivity index (χ0v) is 20.5. The number of aromatic nitrogens is 2. The van der Waals surface area contributed by atoms with Gasteiger partial charge in [-0.3, -0.25) is 4.79 Å². The van der Waals surface area contributed by atoms with Gasteiger partial charge in [-0.15, -0.1) is 0 Å². The summed E-state index contributed by atoms with van der Waals surface area (Å²) >= 11 is 0. The molecule has 0 N–H and O–H groups in total. The number of hydrogen-bond acceptors (Lipinski definition) is 7. The molecule has 2 aromatic carbocycles. The third kappa shape index (κ3) is 6.07. The van der Waals surface area contributed by atoms with Crippen LogP contribution in [0.1, 0.15) is 38.1 Å². The number of benzene rings is 2. The summed E-state index contributed by atoms with van der Waals surface area (Å²) < 4.78 is 21.7. The monoisotopic (exact) mass is 467 g/mol. The Hall–Kier alpha value is -3.55. The fourth-order valence-corrected chi connectivity index (χ4v) is 3.75. The highest BCUT2D eigenvalue weighted by Gasteiger charge is 2.21. The molecule has 8 nitrogen and oxygen atoms in total. The summed E-state index contributed by atoms with van der Waals surface area (Å²) in [5.74, 6) is 2.52. The molecule has 182 valence electrons. The molecule has 1 atom stereocenters. The number of carbonyl (C=O) groups excluding carboxylic acids is 1. The lowest BCUT2D eigenvalue weighted by Crippen LogP contribution is -2.40. The Kier molecular flexibility index (Phi) is 8.90. The third-order valence-electron chi connectivity index (χ3n) is 5.87. The standard InChI is InChI=1S/C26H33N3O5/c1-6-18(2)29(24(30)13-12-19-10-8-7-9-11-19)15-14-23-27-26(28-34-23)20-16-21(31-3)25(33-5)22(17-20)32-4/h7-11,16-18H,6,12-15H2,1-5H3/t18-/m1/s1. The molecule has 3 aromatic rings. The summed E-state index contributed by atoms with van der Waals surface area (Å²) in [4.78, 5) is 19.4. The molecule has 0 aliphatic rings. The van der Waals surface area contributed by atoms with Crippen molar-refractivity contribution in [2.45, 2.75) is 45.6 Å². The van der Waals surface area contributed by atoms with Gasteiger partial charge in [0.25, 0.3) is 0 Å². The number of ether oxygens (including phenoxy) is 3. The molecule has 34 heavy (non-hydrogen) atoms. The molecule has 0 spiro atoms. The molecule has 0 aliphatic carbocycles. The molecule has 3 rings (SSSR count). The molecule has 1 amide bonds. The minimum absolute atomic E-state index is 0.126. The molecule has 0 fully saturated rings. The quantitative estimate of drug-likeness (QED) is 0.386. The van der Waals surface area contributed by atoms with Gasteiger partial charge in [-0.05, 0) is 37.5 Å².